The van der Waals surface area contributed by atoms with Gasteiger partial charge in [0.1, 0.15) is 6.04 Å². The number of hydrogen-bond acceptors (Lipinski definition) is 7. The second kappa shape index (κ2) is 15.1. The van der Waals surface area contributed by atoms with Crippen molar-refractivity contribution in [3.05, 3.63) is 0 Å². The van der Waals surface area contributed by atoms with Gasteiger partial charge in [-0.2, -0.15) is 0 Å². The predicted molar refractivity (Wildman–Crippen MR) is 137 cm³/mol. The Balaban J connectivity index is 4.36. The summed E-state index contributed by atoms with van der Waals surface area (Å²) >= 11 is 0. The molecule has 0 rings (SSSR count). The van der Waals surface area contributed by atoms with Crippen molar-refractivity contribution in [3.8, 4) is 0 Å². The summed E-state index contributed by atoms with van der Waals surface area (Å²) in [6, 6.07) is -1.17. The highest BCUT2D eigenvalue weighted by Gasteiger charge is 2.27. The van der Waals surface area contributed by atoms with Gasteiger partial charge >= 0.3 is 5.97 Å². The maximum absolute atomic E-state index is 12.5. The number of rotatable bonds is 18. The van der Waals surface area contributed by atoms with E-state index in [1.807, 2.05) is 48.5 Å². The summed E-state index contributed by atoms with van der Waals surface area (Å²) in [6.45, 7) is 13.7. The number of aliphatic carboxylic acids is 1. The second-order valence-corrected chi connectivity index (χ2v) is 11.2. The molecule has 11 heteroatoms. The molecule has 2 unspecified atom stereocenters. The van der Waals surface area contributed by atoms with E-state index in [1.165, 1.54) is 0 Å². The molecule has 0 aromatic carbocycles. The highest BCUT2D eigenvalue weighted by atomic mass is 16.5. The number of carboxylic acids is 1. The molecule has 0 saturated carbocycles. The highest BCUT2D eigenvalue weighted by molar-refractivity contribution is 5.79. The molecule has 0 aliphatic carbocycles. The Morgan fingerprint density at radius 1 is 0.861 bits per heavy atom. The van der Waals surface area contributed by atoms with E-state index in [2.05, 4.69) is 16.0 Å². The predicted octanol–water partition coefficient (Wildman–Crippen LogP) is 1.47. The normalized spacial score (nSPS) is 14.0. The zero-order chi connectivity index (χ0) is 28.2. The van der Waals surface area contributed by atoms with E-state index >= 15 is 0 Å². The maximum Gasteiger partial charge on any atom is 0.320 e. The van der Waals surface area contributed by atoms with Gasteiger partial charge in [0.2, 0.25) is 17.7 Å². The number of nitrogens with two attached hydrogens (primary N) is 1. The first kappa shape index (κ1) is 33.8. The fourth-order valence-electron chi connectivity index (χ4n) is 3.37. The van der Waals surface area contributed by atoms with Gasteiger partial charge in [0.15, 0.2) is 0 Å². The lowest BCUT2D eigenvalue weighted by molar-refractivity contribution is -0.139. The molecule has 2 atom stereocenters. The molecule has 0 fully saturated rings. The molecule has 0 spiro atoms. The van der Waals surface area contributed by atoms with Gasteiger partial charge in [-0.05, 0) is 67.7 Å². The molecule has 11 nitrogen and oxygen atoms in total. The summed E-state index contributed by atoms with van der Waals surface area (Å²) in [4.78, 5) is 46.9. The SMILES string of the molecule is CNC(=O)CC(C)(C)OCCC(C)NC(=O)CC(C)(C)OCCC(C)(C)NC(=O)CCC(N)C(=O)O. The van der Waals surface area contributed by atoms with E-state index in [9.17, 15) is 19.2 Å². The van der Waals surface area contributed by atoms with Crippen molar-refractivity contribution in [2.24, 2.45) is 5.73 Å². The third kappa shape index (κ3) is 16.4. The standard InChI is InChI=1S/C25H48N4O7/c1-17(11-13-35-24(4,5)15-20(31)27-8)28-21(32)16-25(6,7)36-14-12-23(2,3)29-19(30)10-9-18(26)22(33)34/h17-18H,9-16,26H2,1-8H3,(H,27,31)(H,28,32)(H,29,30)(H,33,34). The van der Waals surface area contributed by atoms with E-state index in [0.717, 1.165) is 0 Å². The van der Waals surface area contributed by atoms with Crippen LogP contribution in [0.2, 0.25) is 0 Å². The highest BCUT2D eigenvalue weighted by Crippen LogP contribution is 2.18. The van der Waals surface area contributed by atoms with E-state index < -0.39 is 28.8 Å². The zero-order valence-corrected chi connectivity index (χ0v) is 23.3. The number of carboxylic acid groups (broad SMARTS) is 1. The molecule has 0 saturated heterocycles. The Morgan fingerprint density at radius 3 is 1.92 bits per heavy atom. The van der Waals surface area contributed by atoms with Gasteiger partial charge in [-0.1, -0.05) is 0 Å². The molecule has 0 bridgehead atoms. The van der Waals surface area contributed by atoms with Crippen LogP contribution in [0.4, 0.5) is 0 Å². The van der Waals surface area contributed by atoms with Gasteiger partial charge in [0, 0.05) is 38.3 Å². The van der Waals surface area contributed by atoms with Crippen LogP contribution in [0.15, 0.2) is 0 Å². The van der Waals surface area contributed by atoms with Crippen LogP contribution in [0.1, 0.15) is 87.0 Å². The first-order chi connectivity index (χ1) is 16.4. The van der Waals surface area contributed by atoms with Crippen LogP contribution in [-0.2, 0) is 28.7 Å². The smallest absolute Gasteiger partial charge is 0.320 e. The van der Waals surface area contributed by atoms with Crippen LogP contribution in [0.25, 0.3) is 0 Å². The molecule has 6 N–H and O–H groups in total. The second-order valence-electron chi connectivity index (χ2n) is 11.2. The number of nitrogens with one attached hydrogen (secondary N) is 3. The minimum absolute atomic E-state index is 0.0260. The van der Waals surface area contributed by atoms with Crippen LogP contribution in [0.5, 0.6) is 0 Å². The molecule has 0 aromatic heterocycles. The van der Waals surface area contributed by atoms with Gasteiger partial charge in [-0.15, -0.1) is 0 Å². The zero-order valence-electron chi connectivity index (χ0n) is 23.3. The van der Waals surface area contributed by atoms with Crippen molar-refractivity contribution in [3.63, 3.8) is 0 Å². The van der Waals surface area contributed by atoms with Crippen molar-refractivity contribution in [2.75, 3.05) is 20.3 Å². The fourth-order valence-corrected chi connectivity index (χ4v) is 3.37. The third-order valence-electron chi connectivity index (χ3n) is 5.60. The van der Waals surface area contributed by atoms with Crippen molar-refractivity contribution < 1.29 is 33.8 Å². The minimum atomic E-state index is -1.13. The summed E-state index contributed by atoms with van der Waals surface area (Å²) in [7, 11) is 1.59. The van der Waals surface area contributed by atoms with Crippen molar-refractivity contribution in [2.45, 2.75) is 116 Å². The first-order valence-corrected chi connectivity index (χ1v) is 12.5. The number of amides is 3. The molecule has 210 valence electrons. The summed E-state index contributed by atoms with van der Waals surface area (Å²) in [5.41, 5.74) is 3.58. The summed E-state index contributed by atoms with van der Waals surface area (Å²) in [5.74, 6) is -1.63. The lowest BCUT2D eigenvalue weighted by Gasteiger charge is -2.30. The summed E-state index contributed by atoms with van der Waals surface area (Å²) in [6.07, 6.45) is 1.63. The molecular weight excluding hydrogens is 468 g/mol. The lowest BCUT2D eigenvalue weighted by Crippen LogP contribution is -2.45. The molecule has 0 aliphatic heterocycles. The molecule has 0 heterocycles. The van der Waals surface area contributed by atoms with Crippen LogP contribution in [-0.4, -0.2) is 77.9 Å². The van der Waals surface area contributed by atoms with Crippen LogP contribution >= 0.6 is 0 Å². The van der Waals surface area contributed by atoms with Crippen molar-refractivity contribution in [1.82, 2.24) is 16.0 Å². The van der Waals surface area contributed by atoms with E-state index in [1.54, 1.807) is 7.05 Å². The molecule has 3 amide bonds. The monoisotopic (exact) mass is 516 g/mol. The number of carbonyl (C=O) groups is 4. The summed E-state index contributed by atoms with van der Waals surface area (Å²) in [5, 5.41) is 17.2. The molecule has 0 aromatic rings. The Kier molecular flexibility index (Phi) is 14.2. The molecule has 0 aliphatic rings. The number of ether oxygens (including phenoxy) is 2. The van der Waals surface area contributed by atoms with E-state index in [0.29, 0.717) is 26.1 Å². The lowest BCUT2D eigenvalue weighted by atomic mass is 9.99. The van der Waals surface area contributed by atoms with Crippen LogP contribution < -0.4 is 21.7 Å². The van der Waals surface area contributed by atoms with E-state index in [4.69, 9.17) is 20.3 Å². The van der Waals surface area contributed by atoms with Gasteiger partial charge in [0.05, 0.1) is 24.0 Å². The topological polar surface area (TPSA) is 169 Å². The summed E-state index contributed by atoms with van der Waals surface area (Å²) < 4.78 is 11.7. The average molecular weight is 517 g/mol. The van der Waals surface area contributed by atoms with Crippen molar-refractivity contribution in [1.29, 1.82) is 0 Å². The largest absolute Gasteiger partial charge is 0.480 e. The van der Waals surface area contributed by atoms with Crippen LogP contribution in [0, 0.1) is 0 Å². The molecule has 0 radical (unpaired) electrons. The van der Waals surface area contributed by atoms with Gasteiger partial charge < -0.3 is 36.3 Å². The Labute approximate surface area is 215 Å². The Morgan fingerprint density at radius 2 is 1.39 bits per heavy atom. The Bertz CT molecular complexity index is 738. The number of hydrogen-bond donors (Lipinski definition) is 5. The first-order valence-electron chi connectivity index (χ1n) is 12.5. The fraction of sp³-hybridized carbons (Fsp3) is 0.840. The molecule has 36 heavy (non-hydrogen) atoms. The van der Waals surface area contributed by atoms with Gasteiger partial charge in [0.25, 0.3) is 0 Å². The van der Waals surface area contributed by atoms with Gasteiger partial charge in [-0.25, -0.2) is 0 Å². The van der Waals surface area contributed by atoms with E-state index in [-0.39, 0.29) is 49.4 Å². The number of carbonyl (C=O) groups excluding carboxylic acids is 3. The van der Waals surface area contributed by atoms with Crippen molar-refractivity contribution >= 4 is 23.7 Å². The quantitative estimate of drug-likeness (QED) is 0.182. The average Bonchev–Trinajstić information content (AvgIpc) is 2.69. The maximum atomic E-state index is 12.5. The molecular formula is C25H48N4O7. The minimum Gasteiger partial charge on any atom is -0.480 e. The third-order valence-corrected chi connectivity index (χ3v) is 5.60. The van der Waals surface area contributed by atoms with Crippen LogP contribution in [0.3, 0.4) is 0 Å². The van der Waals surface area contributed by atoms with Gasteiger partial charge in [-0.3, -0.25) is 19.2 Å². The Hall–Kier alpha value is -2.24.